The van der Waals surface area contributed by atoms with Crippen molar-refractivity contribution < 1.29 is 13.2 Å². The van der Waals surface area contributed by atoms with Gasteiger partial charge in [0.2, 0.25) is 10.0 Å². The lowest BCUT2D eigenvalue weighted by Gasteiger charge is -2.34. The average molecular weight is 453 g/mol. The van der Waals surface area contributed by atoms with E-state index in [0.29, 0.717) is 39.2 Å². The molecule has 4 rings (SSSR count). The Morgan fingerprint density at radius 3 is 2.22 bits per heavy atom. The van der Waals surface area contributed by atoms with Gasteiger partial charge in [0, 0.05) is 31.7 Å². The summed E-state index contributed by atoms with van der Waals surface area (Å²) in [6, 6.07) is 21.4. The summed E-state index contributed by atoms with van der Waals surface area (Å²) in [5.41, 5.74) is 2.80. The summed E-state index contributed by atoms with van der Waals surface area (Å²) in [5, 5.41) is 8.74. The van der Waals surface area contributed by atoms with Gasteiger partial charge in [-0.1, -0.05) is 30.3 Å². The highest BCUT2D eigenvalue weighted by Crippen LogP contribution is 2.22. The van der Waals surface area contributed by atoms with Gasteiger partial charge in [-0.15, -0.1) is 10.2 Å². The first-order valence-corrected chi connectivity index (χ1v) is 12.5. The molecule has 0 amide bonds. The first-order chi connectivity index (χ1) is 15.5. The van der Waals surface area contributed by atoms with Crippen molar-refractivity contribution in [3.05, 3.63) is 72.3 Å². The topological polar surface area (TPSA) is 75.6 Å². The number of anilines is 1. The van der Waals surface area contributed by atoms with Gasteiger partial charge in [-0.25, -0.2) is 8.42 Å². The summed E-state index contributed by atoms with van der Waals surface area (Å²) in [5.74, 6) is 1.73. The minimum Gasteiger partial charge on any atom is -0.494 e. The Balaban J connectivity index is 1.32. The van der Waals surface area contributed by atoms with Crippen LogP contribution in [0.15, 0.2) is 66.7 Å². The number of aromatic nitrogens is 2. The molecular weight excluding hydrogens is 424 g/mol. The molecule has 1 fully saturated rings. The number of hydrogen-bond acceptors (Lipinski definition) is 6. The van der Waals surface area contributed by atoms with Gasteiger partial charge in [-0.05, 0) is 55.3 Å². The molecule has 2 heterocycles. The summed E-state index contributed by atoms with van der Waals surface area (Å²) in [6.45, 7) is 4.70. The highest BCUT2D eigenvalue weighted by molar-refractivity contribution is 7.89. The lowest BCUT2D eigenvalue weighted by atomic mass is 10.1. The van der Waals surface area contributed by atoms with E-state index in [1.807, 2.05) is 73.7 Å². The zero-order valence-electron chi connectivity index (χ0n) is 18.2. The Morgan fingerprint density at radius 1 is 0.875 bits per heavy atom. The van der Waals surface area contributed by atoms with E-state index in [9.17, 15) is 8.42 Å². The second-order valence-corrected chi connectivity index (χ2v) is 9.76. The van der Waals surface area contributed by atoms with Gasteiger partial charge >= 0.3 is 0 Å². The first-order valence-electron chi connectivity index (χ1n) is 10.9. The monoisotopic (exact) mass is 452 g/mol. The molecule has 0 radical (unpaired) electrons. The van der Waals surface area contributed by atoms with Gasteiger partial charge in [0.25, 0.3) is 0 Å². The summed E-state index contributed by atoms with van der Waals surface area (Å²) in [6.07, 6.45) is 0.530. The number of piperazine rings is 1. The van der Waals surface area contributed by atoms with Crippen LogP contribution in [0.2, 0.25) is 0 Å². The molecule has 0 bridgehead atoms. The SMILES string of the molecule is CCOc1ccc(-c2ccc(N3CCN(S(=O)(=O)CCc4ccccc4)CC3)nn2)cc1. The van der Waals surface area contributed by atoms with E-state index in [2.05, 4.69) is 15.1 Å². The Labute approximate surface area is 189 Å². The van der Waals surface area contributed by atoms with Crippen LogP contribution in [0.25, 0.3) is 11.3 Å². The molecule has 1 aromatic heterocycles. The Kier molecular flexibility index (Phi) is 7.02. The number of ether oxygens (including phenoxy) is 1. The second kappa shape index (κ2) is 10.1. The quantitative estimate of drug-likeness (QED) is 0.522. The van der Waals surface area contributed by atoms with E-state index in [4.69, 9.17) is 4.74 Å². The van der Waals surface area contributed by atoms with Gasteiger partial charge in [-0.3, -0.25) is 0 Å². The maximum atomic E-state index is 12.7. The Hall–Kier alpha value is -2.97. The minimum atomic E-state index is -3.28. The van der Waals surface area contributed by atoms with Gasteiger partial charge in [0.05, 0.1) is 18.1 Å². The predicted molar refractivity (Wildman–Crippen MR) is 126 cm³/mol. The molecule has 0 aliphatic carbocycles. The molecule has 1 saturated heterocycles. The molecule has 0 spiro atoms. The molecule has 0 atom stereocenters. The van der Waals surface area contributed by atoms with Crippen LogP contribution in [-0.4, -0.2) is 61.5 Å². The summed E-state index contributed by atoms with van der Waals surface area (Å²) < 4.78 is 32.5. The number of aryl methyl sites for hydroxylation is 1. The molecule has 0 N–H and O–H groups in total. The van der Waals surface area contributed by atoms with Crippen LogP contribution in [0, 0.1) is 0 Å². The molecule has 1 aliphatic rings. The fourth-order valence-electron chi connectivity index (χ4n) is 3.75. The van der Waals surface area contributed by atoms with Crippen LogP contribution in [0.1, 0.15) is 12.5 Å². The van der Waals surface area contributed by atoms with E-state index < -0.39 is 10.0 Å². The third-order valence-corrected chi connectivity index (χ3v) is 7.43. The average Bonchev–Trinajstić information content (AvgIpc) is 2.84. The largest absolute Gasteiger partial charge is 0.494 e. The van der Waals surface area contributed by atoms with Crippen LogP contribution >= 0.6 is 0 Å². The van der Waals surface area contributed by atoms with Crippen LogP contribution in [0.3, 0.4) is 0 Å². The summed E-state index contributed by atoms with van der Waals surface area (Å²) >= 11 is 0. The van der Waals surface area contributed by atoms with Crippen molar-refractivity contribution in [3.8, 4) is 17.0 Å². The number of hydrogen-bond donors (Lipinski definition) is 0. The minimum absolute atomic E-state index is 0.133. The van der Waals surface area contributed by atoms with Crippen LogP contribution in [0.5, 0.6) is 5.75 Å². The molecule has 168 valence electrons. The van der Waals surface area contributed by atoms with Crippen molar-refractivity contribution in [2.45, 2.75) is 13.3 Å². The normalized spacial score (nSPS) is 15.0. The number of sulfonamides is 1. The van der Waals surface area contributed by atoms with Crippen LogP contribution in [0.4, 0.5) is 5.82 Å². The van der Waals surface area contributed by atoms with Gasteiger partial charge in [0.15, 0.2) is 5.82 Å². The van der Waals surface area contributed by atoms with E-state index in [1.165, 1.54) is 0 Å². The standard InChI is InChI=1S/C24H28N4O3S/c1-2-31-22-10-8-21(9-11-22)23-12-13-24(26-25-23)27-15-17-28(18-16-27)32(29,30)19-14-20-6-4-3-5-7-20/h3-13H,2,14-19H2,1H3. The van der Waals surface area contributed by atoms with Crippen molar-refractivity contribution in [2.75, 3.05) is 43.4 Å². The summed E-state index contributed by atoms with van der Waals surface area (Å²) in [4.78, 5) is 2.08. The van der Waals surface area contributed by atoms with Crippen LogP contribution < -0.4 is 9.64 Å². The molecule has 0 saturated carbocycles. The van der Waals surface area contributed by atoms with Gasteiger partial charge in [-0.2, -0.15) is 4.31 Å². The molecule has 32 heavy (non-hydrogen) atoms. The fourth-order valence-corrected chi connectivity index (χ4v) is 5.22. The molecule has 2 aromatic carbocycles. The lowest BCUT2D eigenvalue weighted by molar-refractivity contribution is 0.340. The Bertz CT molecular complexity index is 1100. The highest BCUT2D eigenvalue weighted by Gasteiger charge is 2.27. The van der Waals surface area contributed by atoms with E-state index >= 15 is 0 Å². The third kappa shape index (κ3) is 5.44. The highest BCUT2D eigenvalue weighted by atomic mass is 32.2. The van der Waals surface area contributed by atoms with Gasteiger partial charge < -0.3 is 9.64 Å². The zero-order chi connectivity index (χ0) is 22.4. The van der Waals surface area contributed by atoms with Crippen LogP contribution in [-0.2, 0) is 16.4 Å². The first kappa shape index (κ1) is 22.2. The van der Waals surface area contributed by atoms with Crippen molar-refractivity contribution in [1.29, 1.82) is 0 Å². The maximum Gasteiger partial charge on any atom is 0.214 e. The van der Waals surface area contributed by atoms with Crippen molar-refractivity contribution in [1.82, 2.24) is 14.5 Å². The fraction of sp³-hybridized carbons (Fsp3) is 0.333. The van der Waals surface area contributed by atoms with Gasteiger partial charge in [0.1, 0.15) is 5.75 Å². The number of rotatable bonds is 8. The predicted octanol–water partition coefficient (Wildman–Crippen LogP) is 3.24. The van der Waals surface area contributed by atoms with Crippen molar-refractivity contribution in [2.24, 2.45) is 0 Å². The number of nitrogens with zero attached hydrogens (tertiary/aromatic N) is 4. The van der Waals surface area contributed by atoms with Crippen molar-refractivity contribution in [3.63, 3.8) is 0 Å². The van der Waals surface area contributed by atoms with E-state index in [1.54, 1.807) is 4.31 Å². The number of benzene rings is 2. The molecule has 0 unspecified atom stereocenters. The van der Waals surface area contributed by atoms with E-state index in [0.717, 1.165) is 28.4 Å². The molecule has 8 heteroatoms. The molecule has 7 nitrogen and oxygen atoms in total. The Morgan fingerprint density at radius 2 is 1.59 bits per heavy atom. The van der Waals surface area contributed by atoms with Crippen molar-refractivity contribution >= 4 is 15.8 Å². The summed E-state index contributed by atoms with van der Waals surface area (Å²) in [7, 11) is -3.28. The molecule has 1 aliphatic heterocycles. The lowest BCUT2D eigenvalue weighted by Crippen LogP contribution is -2.49. The van der Waals surface area contributed by atoms with E-state index in [-0.39, 0.29) is 5.75 Å². The smallest absolute Gasteiger partial charge is 0.214 e. The zero-order valence-corrected chi connectivity index (χ0v) is 19.0. The second-order valence-electron chi connectivity index (χ2n) is 7.67. The molecule has 3 aromatic rings. The maximum absolute atomic E-state index is 12.7. The molecular formula is C24H28N4O3S. The third-order valence-electron chi connectivity index (χ3n) is 5.56.